The molecule has 2 amide bonds. The van der Waals surface area contributed by atoms with Crippen LogP contribution in [0.1, 0.15) is 21.5 Å². The SMILES string of the molecule is O=C(CNC(=O)c1cccc(Cl)c1)N/N=C\c1ccccc1OCc1cccc(Br)c1. The third-order valence-corrected chi connectivity index (χ3v) is 4.82. The summed E-state index contributed by atoms with van der Waals surface area (Å²) >= 11 is 9.30. The highest BCUT2D eigenvalue weighted by Crippen LogP contribution is 2.19. The van der Waals surface area contributed by atoms with Gasteiger partial charge in [0.2, 0.25) is 0 Å². The molecule has 0 aliphatic carbocycles. The zero-order valence-electron chi connectivity index (χ0n) is 16.3. The Hall–Kier alpha value is -3.16. The Morgan fingerprint density at radius 1 is 1.03 bits per heavy atom. The quantitative estimate of drug-likeness (QED) is 0.351. The first kappa shape index (κ1) is 22.5. The zero-order chi connectivity index (χ0) is 22.1. The van der Waals surface area contributed by atoms with Crippen LogP contribution in [0.5, 0.6) is 5.75 Å². The van der Waals surface area contributed by atoms with Crippen molar-refractivity contribution in [1.29, 1.82) is 0 Å². The smallest absolute Gasteiger partial charge is 0.259 e. The van der Waals surface area contributed by atoms with Crippen molar-refractivity contribution in [2.24, 2.45) is 5.10 Å². The monoisotopic (exact) mass is 499 g/mol. The van der Waals surface area contributed by atoms with E-state index in [1.165, 1.54) is 12.3 Å². The highest BCUT2D eigenvalue weighted by molar-refractivity contribution is 9.10. The first-order chi connectivity index (χ1) is 15.0. The van der Waals surface area contributed by atoms with Gasteiger partial charge in [0.25, 0.3) is 11.8 Å². The maximum atomic E-state index is 12.0. The van der Waals surface area contributed by atoms with Crippen LogP contribution in [0.4, 0.5) is 0 Å². The van der Waals surface area contributed by atoms with Gasteiger partial charge in [0, 0.05) is 20.6 Å². The lowest BCUT2D eigenvalue weighted by Crippen LogP contribution is -2.34. The van der Waals surface area contributed by atoms with Crippen LogP contribution < -0.4 is 15.5 Å². The van der Waals surface area contributed by atoms with E-state index in [0.717, 1.165) is 10.0 Å². The van der Waals surface area contributed by atoms with Crippen molar-refractivity contribution in [3.8, 4) is 5.75 Å². The molecule has 2 N–H and O–H groups in total. The van der Waals surface area contributed by atoms with Crippen LogP contribution in [-0.4, -0.2) is 24.6 Å². The van der Waals surface area contributed by atoms with Crippen LogP contribution in [0.15, 0.2) is 82.4 Å². The van der Waals surface area contributed by atoms with Gasteiger partial charge in [0.05, 0.1) is 12.8 Å². The summed E-state index contributed by atoms with van der Waals surface area (Å²) in [6.07, 6.45) is 1.49. The Morgan fingerprint density at radius 2 is 1.84 bits per heavy atom. The molecule has 0 saturated heterocycles. The van der Waals surface area contributed by atoms with E-state index in [1.807, 2.05) is 48.5 Å². The van der Waals surface area contributed by atoms with E-state index in [2.05, 4.69) is 31.8 Å². The number of hydrazone groups is 1. The third-order valence-electron chi connectivity index (χ3n) is 4.09. The molecule has 0 saturated carbocycles. The molecule has 0 radical (unpaired) electrons. The molecule has 3 aromatic carbocycles. The van der Waals surface area contributed by atoms with Gasteiger partial charge in [-0.1, -0.05) is 57.9 Å². The minimum absolute atomic E-state index is 0.219. The summed E-state index contributed by atoms with van der Waals surface area (Å²) in [7, 11) is 0. The number of hydrogen-bond donors (Lipinski definition) is 2. The number of hydrogen-bond acceptors (Lipinski definition) is 4. The summed E-state index contributed by atoms with van der Waals surface area (Å²) in [5.41, 5.74) is 4.49. The molecule has 8 heteroatoms. The van der Waals surface area contributed by atoms with Gasteiger partial charge < -0.3 is 10.1 Å². The summed E-state index contributed by atoms with van der Waals surface area (Å²) in [6.45, 7) is 0.176. The molecule has 0 heterocycles. The Kier molecular flexibility index (Phi) is 8.20. The number of amides is 2. The van der Waals surface area contributed by atoms with Crippen molar-refractivity contribution in [3.05, 3.63) is 99.0 Å². The predicted octanol–water partition coefficient (Wildman–Crippen LogP) is 4.56. The maximum Gasteiger partial charge on any atom is 0.259 e. The lowest BCUT2D eigenvalue weighted by Gasteiger charge is -2.09. The molecule has 0 fully saturated rings. The summed E-state index contributed by atoms with van der Waals surface area (Å²) < 4.78 is 6.86. The second-order valence-electron chi connectivity index (χ2n) is 6.44. The van der Waals surface area contributed by atoms with E-state index in [0.29, 0.717) is 28.5 Å². The summed E-state index contributed by atoms with van der Waals surface area (Å²) in [5, 5.41) is 6.92. The third kappa shape index (κ3) is 7.24. The Balaban J connectivity index is 1.51. The molecule has 0 aliphatic rings. The van der Waals surface area contributed by atoms with Crippen LogP contribution in [0.3, 0.4) is 0 Å². The summed E-state index contributed by atoms with van der Waals surface area (Å²) in [6, 6.07) is 21.7. The number of halogens is 2. The minimum atomic E-state index is -0.459. The molecule has 3 aromatic rings. The van der Waals surface area contributed by atoms with Gasteiger partial charge in [-0.25, -0.2) is 5.43 Å². The molecule has 0 bridgehead atoms. The first-order valence-electron chi connectivity index (χ1n) is 9.33. The zero-order valence-corrected chi connectivity index (χ0v) is 18.7. The topological polar surface area (TPSA) is 79.8 Å². The van der Waals surface area contributed by atoms with E-state index in [-0.39, 0.29) is 6.54 Å². The van der Waals surface area contributed by atoms with Gasteiger partial charge in [0.1, 0.15) is 12.4 Å². The predicted molar refractivity (Wildman–Crippen MR) is 124 cm³/mol. The number of nitrogens with zero attached hydrogens (tertiary/aromatic N) is 1. The van der Waals surface area contributed by atoms with Gasteiger partial charge in [0.15, 0.2) is 0 Å². The molecule has 31 heavy (non-hydrogen) atoms. The molecule has 6 nitrogen and oxygen atoms in total. The summed E-state index contributed by atoms with van der Waals surface area (Å²) in [4.78, 5) is 24.0. The fourth-order valence-electron chi connectivity index (χ4n) is 2.61. The molecule has 0 aliphatic heterocycles. The van der Waals surface area contributed by atoms with Gasteiger partial charge >= 0.3 is 0 Å². The number of para-hydroxylation sites is 1. The average Bonchev–Trinajstić information content (AvgIpc) is 2.77. The van der Waals surface area contributed by atoms with Crippen molar-refractivity contribution in [1.82, 2.24) is 10.7 Å². The van der Waals surface area contributed by atoms with Crippen LogP contribution in [0.2, 0.25) is 5.02 Å². The van der Waals surface area contributed by atoms with Crippen LogP contribution in [-0.2, 0) is 11.4 Å². The number of benzene rings is 3. The molecular weight excluding hydrogens is 482 g/mol. The van der Waals surface area contributed by atoms with E-state index in [9.17, 15) is 9.59 Å². The Labute approximate surface area is 193 Å². The largest absolute Gasteiger partial charge is 0.488 e. The van der Waals surface area contributed by atoms with E-state index in [1.54, 1.807) is 18.2 Å². The van der Waals surface area contributed by atoms with E-state index >= 15 is 0 Å². The van der Waals surface area contributed by atoms with Crippen molar-refractivity contribution in [2.45, 2.75) is 6.61 Å². The maximum absolute atomic E-state index is 12.0. The van der Waals surface area contributed by atoms with E-state index in [4.69, 9.17) is 16.3 Å². The molecule has 0 unspecified atom stereocenters. The number of carbonyl (C=O) groups excluding carboxylic acids is 2. The molecule has 0 spiro atoms. The normalized spacial score (nSPS) is 10.6. The van der Waals surface area contributed by atoms with Gasteiger partial charge in [-0.3, -0.25) is 9.59 Å². The average molecular weight is 501 g/mol. The minimum Gasteiger partial charge on any atom is -0.488 e. The second kappa shape index (κ2) is 11.3. The van der Waals surface area contributed by atoms with Crippen molar-refractivity contribution in [3.63, 3.8) is 0 Å². The number of rotatable bonds is 8. The standard InChI is InChI=1S/C23H19BrClN3O3/c24-19-8-3-5-16(11-19)15-31-21-10-2-1-6-18(21)13-27-28-22(29)14-26-23(30)17-7-4-9-20(25)12-17/h1-13H,14-15H2,(H,26,30)(H,28,29)/b27-13-. The molecule has 3 rings (SSSR count). The van der Waals surface area contributed by atoms with Crippen LogP contribution in [0.25, 0.3) is 0 Å². The van der Waals surface area contributed by atoms with Crippen molar-refractivity contribution >= 4 is 45.6 Å². The summed E-state index contributed by atoms with van der Waals surface area (Å²) in [5.74, 6) is -0.221. The van der Waals surface area contributed by atoms with E-state index < -0.39 is 11.8 Å². The fraction of sp³-hybridized carbons (Fsp3) is 0.0870. The van der Waals surface area contributed by atoms with Gasteiger partial charge in [-0.2, -0.15) is 5.10 Å². The second-order valence-corrected chi connectivity index (χ2v) is 7.79. The first-order valence-corrected chi connectivity index (χ1v) is 10.5. The van der Waals surface area contributed by atoms with Crippen molar-refractivity contribution in [2.75, 3.05) is 6.54 Å². The molecule has 0 aromatic heterocycles. The van der Waals surface area contributed by atoms with Crippen molar-refractivity contribution < 1.29 is 14.3 Å². The lowest BCUT2D eigenvalue weighted by atomic mass is 10.2. The number of carbonyl (C=O) groups is 2. The van der Waals surface area contributed by atoms with Gasteiger partial charge in [-0.15, -0.1) is 0 Å². The molecular formula is C23H19BrClN3O3. The lowest BCUT2D eigenvalue weighted by molar-refractivity contribution is -0.120. The highest BCUT2D eigenvalue weighted by Gasteiger charge is 2.08. The molecule has 158 valence electrons. The van der Waals surface area contributed by atoms with Crippen LogP contribution in [0, 0.1) is 0 Å². The number of nitrogens with one attached hydrogen (secondary N) is 2. The Bertz CT molecular complexity index is 1100. The van der Waals surface area contributed by atoms with Crippen LogP contribution >= 0.6 is 27.5 Å². The number of ether oxygens (including phenoxy) is 1. The molecule has 0 atom stereocenters. The highest BCUT2D eigenvalue weighted by atomic mass is 79.9. The Morgan fingerprint density at radius 3 is 2.65 bits per heavy atom. The fourth-order valence-corrected chi connectivity index (χ4v) is 3.25. The van der Waals surface area contributed by atoms with Gasteiger partial charge in [-0.05, 0) is 48.0 Å².